The lowest BCUT2D eigenvalue weighted by Gasteiger charge is -2.08. The van der Waals surface area contributed by atoms with E-state index in [9.17, 15) is 12.8 Å². The Balaban J connectivity index is 2.11. The Morgan fingerprint density at radius 3 is 2.38 bits per heavy atom. The van der Waals surface area contributed by atoms with E-state index in [4.69, 9.17) is 15.1 Å². The van der Waals surface area contributed by atoms with Gasteiger partial charge in [0.2, 0.25) is 10.0 Å². The van der Waals surface area contributed by atoms with Crippen molar-refractivity contribution in [2.75, 3.05) is 0 Å². The van der Waals surface area contributed by atoms with Crippen molar-refractivity contribution in [3.8, 4) is 11.8 Å². The van der Waals surface area contributed by atoms with Crippen molar-refractivity contribution in [3.63, 3.8) is 0 Å². The number of hydrogen-bond acceptors (Lipinski definition) is 4. The SMILES string of the molecule is N#Cc1ccc(COc2ccc(S(N)(=O)=O)cc2F)cc1. The fourth-order valence-electron chi connectivity index (χ4n) is 1.61. The molecule has 0 radical (unpaired) electrons. The maximum Gasteiger partial charge on any atom is 0.238 e. The number of benzene rings is 2. The second-order valence-corrected chi connectivity index (χ2v) is 5.80. The first-order chi connectivity index (χ1) is 9.90. The molecule has 0 saturated heterocycles. The van der Waals surface area contributed by atoms with Crippen LogP contribution in [0.1, 0.15) is 11.1 Å². The average Bonchev–Trinajstić information content (AvgIpc) is 2.45. The van der Waals surface area contributed by atoms with Gasteiger partial charge in [-0.2, -0.15) is 5.26 Å². The summed E-state index contributed by atoms with van der Waals surface area (Å²) in [6.07, 6.45) is 0. The monoisotopic (exact) mass is 306 g/mol. The lowest BCUT2D eigenvalue weighted by atomic mass is 10.2. The minimum absolute atomic E-state index is 0.0771. The van der Waals surface area contributed by atoms with Crippen LogP contribution < -0.4 is 9.88 Å². The summed E-state index contributed by atoms with van der Waals surface area (Å²) in [6.45, 7) is 0.0946. The highest BCUT2D eigenvalue weighted by molar-refractivity contribution is 7.89. The van der Waals surface area contributed by atoms with Crippen molar-refractivity contribution in [3.05, 3.63) is 59.4 Å². The Hall–Kier alpha value is -2.43. The topological polar surface area (TPSA) is 93.2 Å². The largest absolute Gasteiger partial charge is 0.486 e. The first-order valence-corrected chi connectivity index (χ1v) is 7.39. The smallest absolute Gasteiger partial charge is 0.238 e. The number of hydrogen-bond donors (Lipinski definition) is 1. The molecule has 2 aromatic rings. The summed E-state index contributed by atoms with van der Waals surface area (Å²) in [5, 5.41) is 13.6. The van der Waals surface area contributed by atoms with Gasteiger partial charge in [0.15, 0.2) is 11.6 Å². The molecule has 0 aliphatic heterocycles. The number of primary sulfonamides is 1. The van der Waals surface area contributed by atoms with E-state index in [0.29, 0.717) is 5.56 Å². The number of nitrogens with zero attached hydrogens (tertiary/aromatic N) is 1. The molecule has 21 heavy (non-hydrogen) atoms. The molecule has 2 N–H and O–H groups in total. The van der Waals surface area contributed by atoms with E-state index in [1.807, 2.05) is 6.07 Å². The van der Waals surface area contributed by atoms with E-state index >= 15 is 0 Å². The Morgan fingerprint density at radius 2 is 1.86 bits per heavy atom. The van der Waals surface area contributed by atoms with Crippen LogP contribution in [0.2, 0.25) is 0 Å². The van der Waals surface area contributed by atoms with E-state index in [1.165, 1.54) is 12.1 Å². The average molecular weight is 306 g/mol. The van der Waals surface area contributed by atoms with E-state index in [0.717, 1.165) is 11.6 Å². The molecule has 0 unspecified atom stereocenters. The molecule has 0 atom stereocenters. The van der Waals surface area contributed by atoms with Crippen LogP contribution in [-0.2, 0) is 16.6 Å². The molecular weight excluding hydrogens is 295 g/mol. The molecule has 0 bridgehead atoms. The van der Waals surface area contributed by atoms with Crippen molar-refractivity contribution in [2.24, 2.45) is 5.14 Å². The van der Waals surface area contributed by atoms with E-state index in [-0.39, 0.29) is 17.3 Å². The third-order valence-electron chi connectivity index (χ3n) is 2.71. The highest BCUT2D eigenvalue weighted by Crippen LogP contribution is 2.21. The molecule has 2 rings (SSSR count). The van der Waals surface area contributed by atoms with Gasteiger partial charge < -0.3 is 4.74 Å². The van der Waals surface area contributed by atoms with Gasteiger partial charge in [-0.05, 0) is 35.9 Å². The van der Waals surface area contributed by atoms with Crippen molar-refractivity contribution >= 4 is 10.0 Å². The van der Waals surface area contributed by atoms with Gasteiger partial charge >= 0.3 is 0 Å². The maximum absolute atomic E-state index is 13.7. The number of ether oxygens (including phenoxy) is 1. The lowest BCUT2D eigenvalue weighted by molar-refractivity contribution is 0.290. The summed E-state index contributed by atoms with van der Waals surface area (Å²) in [5.41, 5.74) is 1.27. The van der Waals surface area contributed by atoms with Crippen molar-refractivity contribution in [1.82, 2.24) is 0 Å². The second kappa shape index (κ2) is 5.91. The minimum atomic E-state index is -3.94. The minimum Gasteiger partial charge on any atom is -0.486 e. The van der Waals surface area contributed by atoms with Gasteiger partial charge in [-0.3, -0.25) is 0 Å². The zero-order valence-electron chi connectivity index (χ0n) is 10.8. The van der Waals surface area contributed by atoms with Gasteiger partial charge in [-0.25, -0.2) is 17.9 Å². The van der Waals surface area contributed by atoms with Gasteiger partial charge in [-0.15, -0.1) is 0 Å². The zero-order valence-corrected chi connectivity index (χ0v) is 11.6. The molecule has 7 heteroatoms. The standard InChI is InChI=1S/C14H11FN2O3S/c15-13-7-12(21(17,18)19)5-6-14(13)20-9-11-3-1-10(8-16)2-4-11/h1-7H,9H2,(H2,17,18,19). The second-order valence-electron chi connectivity index (χ2n) is 4.23. The molecule has 0 aliphatic carbocycles. The molecular formula is C14H11FN2O3S. The van der Waals surface area contributed by atoms with Crippen molar-refractivity contribution in [1.29, 1.82) is 5.26 Å². The predicted octanol–water partition coefficient (Wildman–Crippen LogP) is 1.92. The van der Waals surface area contributed by atoms with Crippen LogP contribution in [-0.4, -0.2) is 8.42 Å². The number of halogens is 1. The third kappa shape index (κ3) is 3.78. The number of nitriles is 1. The van der Waals surface area contributed by atoms with Crippen LogP contribution in [0.3, 0.4) is 0 Å². The van der Waals surface area contributed by atoms with Gasteiger partial charge in [0.25, 0.3) is 0 Å². The van der Waals surface area contributed by atoms with E-state index in [1.54, 1.807) is 24.3 Å². The van der Waals surface area contributed by atoms with Crippen LogP contribution in [0.25, 0.3) is 0 Å². The Bertz CT molecular complexity index is 796. The summed E-state index contributed by atoms with van der Waals surface area (Å²) in [6, 6.07) is 11.8. The molecule has 0 aliphatic rings. The Morgan fingerprint density at radius 1 is 1.19 bits per heavy atom. The number of nitrogens with two attached hydrogens (primary N) is 1. The van der Waals surface area contributed by atoms with E-state index < -0.39 is 15.8 Å². The quantitative estimate of drug-likeness (QED) is 0.934. The zero-order chi connectivity index (χ0) is 15.5. The summed E-state index contributed by atoms with van der Waals surface area (Å²) >= 11 is 0. The molecule has 2 aromatic carbocycles. The molecule has 0 fully saturated rings. The van der Waals surface area contributed by atoms with Gasteiger partial charge in [0.05, 0.1) is 16.5 Å². The van der Waals surface area contributed by atoms with Gasteiger partial charge in [0, 0.05) is 0 Å². The third-order valence-corrected chi connectivity index (χ3v) is 3.62. The van der Waals surface area contributed by atoms with Gasteiger partial charge in [0.1, 0.15) is 6.61 Å². The maximum atomic E-state index is 13.7. The van der Waals surface area contributed by atoms with Crippen molar-refractivity contribution < 1.29 is 17.5 Å². The van der Waals surface area contributed by atoms with Crippen LogP contribution in [0.5, 0.6) is 5.75 Å². The molecule has 0 saturated carbocycles. The predicted molar refractivity (Wildman–Crippen MR) is 73.3 cm³/mol. The summed E-state index contributed by atoms with van der Waals surface area (Å²) in [5.74, 6) is -0.887. The first kappa shape index (κ1) is 15.0. The van der Waals surface area contributed by atoms with Crippen LogP contribution in [0, 0.1) is 17.1 Å². The number of rotatable bonds is 4. The molecule has 0 aromatic heterocycles. The van der Waals surface area contributed by atoms with Crippen LogP contribution >= 0.6 is 0 Å². The van der Waals surface area contributed by atoms with Crippen LogP contribution in [0.4, 0.5) is 4.39 Å². The molecule has 108 valence electrons. The summed E-state index contributed by atoms with van der Waals surface area (Å²) in [4.78, 5) is -0.314. The van der Waals surface area contributed by atoms with Crippen LogP contribution in [0.15, 0.2) is 47.4 Å². The molecule has 0 heterocycles. The molecule has 0 amide bonds. The van der Waals surface area contributed by atoms with E-state index in [2.05, 4.69) is 0 Å². The fraction of sp³-hybridized carbons (Fsp3) is 0.0714. The fourth-order valence-corrected chi connectivity index (χ4v) is 2.14. The summed E-state index contributed by atoms with van der Waals surface area (Å²) < 4.78 is 41.1. The lowest BCUT2D eigenvalue weighted by Crippen LogP contribution is -2.12. The first-order valence-electron chi connectivity index (χ1n) is 5.84. The Kier molecular flexibility index (Phi) is 4.21. The normalized spacial score (nSPS) is 10.9. The van der Waals surface area contributed by atoms with Crippen molar-refractivity contribution in [2.45, 2.75) is 11.5 Å². The summed E-state index contributed by atoms with van der Waals surface area (Å²) in [7, 11) is -3.94. The molecule has 5 nitrogen and oxygen atoms in total. The van der Waals surface area contributed by atoms with Gasteiger partial charge in [-0.1, -0.05) is 12.1 Å². The number of sulfonamides is 1. The highest BCUT2D eigenvalue weighted by Gasteiger charge is 2.12. The Labute approximate surface area is 121 Å². The molecule has 0 spiro atoms. The highest BCUT2D eigenvalue weighted by atomic mass is 32.2.